The normalized spacial score (nSPS) is 13.5. The summed E-state index contributed by atoms with van der Waals surface area (Å²) in [6.07, 6.45) is 0.470. The average molecular weight is 581 g/mol. The van der Waals surface area contributed by atoms with Crippen LogP contribution in [0.3, 0.4) is 0 Å². The summed E-state index contributed by atoms with van der Waals surface area (Å²) in [5.74, 6) is -1.11. The van der Waals surface area contributed by atoms with Gasteiger partial charge in [0.25, 0.3) is 5.91 Å². The van der Waals surface area contributed by atoms with Crippen LogP contribution >= 0.6 is 0 Å². The predicted octanol–water partition coefficient (Wildman–Crippen LogP) is 5.80. The highest BCUT2D eigenvalue weighted by atomic mass is 16.6. The number of nitrogens with zero attached hydrogens (tertiary/aromatic N) is 1. The van der Waals surface area contributed by atoms with Crippen LogP contribution in [0.25, 0.3) is 0 Å². The predicted molar refractivity (Wildman–Crippen MR) is 166 cm³/mol. The SMILES string of the molecule is Cc1cccc(C)c1NC(=O)C(c1ccccc1)N(C(=O)C(CCC(N)=O)NC(=O)OC(C)(C)C)C(C)CCC(C)C. The van der Waals surface area contributed by atoms with Gasteiger partial charge in [0.2, 0.25) is 11.8 Å². The van der Waals surface area contributed by atoms with E-state index in [1.807, 2.05) is 69.3 Å². The Hall–Kier alpha value is -3.88. The second-order valence-corrected chi connectivity index (χ2v) is 12.3. The van der Waals surface area contributed by atoms with Crippen LogP contribution in [0.1, 0.15) is 90.0 Å². The van der Waals surface area contributed by atoms with Crippen LogP contribution in [0.4, 0.5) is 10.5 Å². The second-order valence-electron chi connectivity index (χ2n) is 12.3. The molecule has 0 spiro atoms. The van der Waals surface area contributed by atoms with Gasteiger partial charge < -0.3 is 26.0 Å². The number of rotatable bonds is 13. The van der Waals surface area contributed by atoms with E-state index in [-0.39, 0.29) is 24.8 Å². The summed E-state index contributed by atoms with van der Waals surface area (Å²) in [7, 11) is 0. The van der Waals surface area contributed by atoms with Crippen LogP contribution in [0.2, 0.25) is 0 Å². The van der Waals surface area contributed by atoms with E-state index in [1.54, 1.807) is 25.7 Å². The molecule has 0 saturated heterocycles. The van der Waals surface area contributed by atoms with Gasteiger partial charge in [0.15, 0.2) is 0 Å². The van der Waals surface area contributed by atoms with Crippen LogP contribution in [-0.2, 0) is 19.1 Å². The van der Waals surface area contributed by atoms with Gasteiger partial charge >= 0.3 is 6.09 Å². The smallest absolute Gasteiger partial charge is 0.408 e. The lowest BCUT2D eigenvalue weighted by atomic mass is 9.96. The number of primary amides is 1. The van der Waals surface area contributed by atoms with Crippen molar-refractivity contribution in [2.45, 2.75) is 105 Å². The van der Waals surface area contributed by atoms with E-state index in [1.165, 1.54) is 0 Å². The lowest BCUT2D eigenvalue weighted by Gasteiger charge is -2.39. The number of anilines is 1. The Bertz CT molecular complexity index is 1200. The van der Waals surface area contributed by atoms with Gasteiger partial charge in [-0.2, -0.15) is 0 Å². The van der Waals surface area contributed by atoms with E-state index < -0.39 is 35.6 Å². The minimum Gasteiger partial charge on any atom is -0.444 e. The van der Waals surface area contributed by atoms with Crippen LogP contribution in [-0.4, -0.2) is 46.4 Å². The van der Waals surface area contributed by atoms with Crippen molar-refractivity contribution in [2.75, 3.05) is 5.32 Å². The lowest BCUT2D eigenvalue weighted by molar-refractivity contribution is -0.143. The standard InChI is InChI=1S/C33H48N4O5/c1-21(2)17-18-24(5)37(31(40)26(19-20-27(34)38)35-32(41)42-33(6,7)8)29(25-15-10-9-11-16-25)30(39)36-28-22(3)13-12-14-23(28)4/h9-16,21,24,26,29H,17-20H2,1-8H3,(H2,34,38)(H,35,41)(H,36,39). The molecule has 4 amide bonds. The molecule has 0 fully saturated rings. The summed E-state index contributed by atoms with van der Waals surface area (Å²) in [4.78, 5) is 54.8. The number of para-hydroxylation sites is 1. The molecular formula is C33H48N4O5. The number of carbonyl (C=O) groups excluding carboxylic acids is 4. The molecule has 4 N–H and O–H groups in total. The molecule has 3 atom stereocenters. The van der Waals surface area contributed by atoms with Gasteiger partial charge in [0, 0.05) is 18.2 Å². The summed E-state index contributed by atoms with van der Waals surface area (Å²) in [6.45, 7) is 15.1. The fraction of sp³-hybridized carbons (Fsp3) is 0.515. The molecule has 0 aliphatic rings. The molecule has 0 heterocycles. The number of nitrogens with two attached hydrogens (primary N) is 1. The molecule has 2 aromatic carbocycles. The van der Waals surface area contributed by atoms with Crippen molar-refractivity contribution < 1.29 is 23.9 Å². The Labute approximate surface area is 250 Å². The molecular weight excluding hydrogens is 532 g/mol. The number of hydrogen-bond acceptors (Lipinski definition) is 5. The molecule has 0 radical (unpaired) electrons. The van der Waals surface area contributed by atoms with Crippen molar-refractivity contribution in [3.05, 3.63) is 65.2 Å². The molecule has 0 aliphatic carbocycles. The first-order valence-electron chi connectivity index (χ1n) is 14.6. The van der Waals surface area contributed by atoms with E-state index in [2.05, 4.69) is 24.5 Å². The number of carbonyl (C=O) groups is 4. The van der Waals surface area contributed by atoms with E-state index in [0.29, 0.717) is 23.6 Å². The van der Waals surface area contributed by atoms with Gasteiger partial charge in [-0.3, -0.25) is 14.4 Å². The maximum absolute atomic E-state index is 14.5. The van der Waals surface area contributed by atoms with Crippen molar-refractivity contribution in [3.8, 4) is 0 Å². The zero-order valence-electron chi connectivity index (χ0n) is 26.3. The number of hydrogen-bond donors (Lipinski definition) is 3. The summed E-state index contributed by atoms with van der Waals surface area (Å²) in [5, 5.41) is 5.72. The molecule has 0 saturated carbocycles. The minimum atomic E-state index is -1.15. The number of alkyl carbamates (subject to hydrolysis) is 1. The van der Waals surface area contributed by atoms with E-state index >= 15 is 0 Å². The highest BCUT2D eigenvalue weighted by Crippen LogP contribution is 2.30. The van der Waals surface area contributed by atoms with Crippen molar-refractivity contribution >= 4 is 29.5 Å². The molecule has 0 aliphatic heterocycles. The third kappa shape index (κ3) is 10.5. The first-order valence-corrected chi connectivity index (χ1v) is 14.6. The first-order chi connectivity index (χ1) is 19.6. The van der Waals surface area contributed by atoms with Crippen LogP contribution in [0.5, 0.6) is 0 Å². The molecule has 2 aromatic rings. The van der Waals surface area contributed by atoms with Crippen molar-refractivity contribution in [1.82, 2.24) is 10.2 Å². The van der Waals surface area contributed by atoms with Gasteiger partial charge in [-0.05, 0) is 83.4 Å². The third-order valence-electron chi connectivity index (χ3n) is 6.93. The van der Waals surface area contributed by atoms with E-state index in [4.69, 9.17) is 10.5 Å². The fourth-order valence-corrected chi connectivity index (χ4v) is 4.76. The van der Waals surface area contributed by atoms with Crippen molar-refractivity contribution in [3.63, 3.8) is 0 Å². The third-order valence-corrected chi connectivity index (χ3v) is 6.93. The lowest BCUT2D eigenvalue weighted by Crippen LogP contribution is -2.55. The fourth-order valence-electron chi connectivity index (χ4n) is 4.76. The molecule has 2 rings (SSSR count). The Morgan fingerprint density at radius 1 is 0.881 bits per heavy atom. The molecule has 3 unspecified atom stereocenters. The second kappa shape index (κ2) is 15.4. The highest BCUT2D eigenvalue weighted by molar-refractivity contribution is 6.00. The van der Waals surface area contributed by atoms with E-state index in [0.717, 1.165) is 17.5 Å². The molecule has 42 heavy (non-hydrogen) atoms. The summed E-state index contributed by atoms with van der Waals surface area (Å²) in [6, 6.07) is 12.3. The Morgan fingerprint density at radius 2 is 1.48 bits per heavy atom. The zero-order valence-corrected chi connectivity index (χ0v) is 26.3. The summed E-state index contributed by atoms with van der Waals surface area (Å²) in [5.41, 5.74) is 7.73. The average Bonchev–Trinajstić information content (AvgIpc) is 2.89. The Morgan fingerprint density at radius 3 is 2.00 bits per heavy atom. The number of benzene rings is 2. The quantitative estimate of drug-likeness (QED) is 0.276. The molecule has 0 aromatic heterocycles. The number of amides is 4. The van der Waals surface area contributed by atoms with Crippen LogP contribution in [0.15, 0.2) is 48.5 Å². The maximum Gasteiger partial charge on any atom is 0.408 e. The van der Waals surface area contributed by atoms with Crippen LogP contribution in [0, 0.1) is 19.8 Å². The molecule has 0 bridgehead atoms. The number of ether oxygens (including phenoxy) is 1. The zero-order chi connectivity index (χ0) is 31.6. The van der Waals surface area contributed by atoms with Gasteiger partial charge in [0.05, 0.1) is 0 Å². The van der Waals surface area contributed by atoms with E-state index in [9.17, 15) is 19.2 Å². The van der Waals surface area contributed by atoms with Gasteiger partial charge in [-0.15, -0.1) is 0 Å². The molecule has 230 valence electrons. The Balaban J connectivity index is 2.63. The number of aryl methyl sites for hydroxylation is 2. The van der Waals surface area contributed by atoms with Gasteiger partial charge in [-0.25, -0.2) is 4.79 Å². The molecule has 9 heteroatoms. The Kier molecular flexibility index (Phi) is 12.6. The van der Waals surface area contributed by atoms with Crippen LogP contribution < -0.4 is 16.4 Å². The summed E-state index contributed by atoms with van der Waals surface area (Å²) >= 11 is 0. The first kappa shape index (κ1) is 34.3. The number of nitrogens with one attached hydrogen (secondary N) is 2. The topological polar surface area (TPSA) is 131 Å². The monoisotopic (exact) mass is 580 g/mol. The van der Waals surface area contributed by atoms with Gasteiger partial charge in [0.1, 0.15) is 17.7 Å². The molecule has 9 nitrogen and oxygen atoms in total. The van der Waals surface area contributed by atoms with Crippen molar-refractivity contribution in [1.29, 1.82) is 0 Å². The van der Waals surface area contributed by atoms with Gasteiger partial charge in [-0.1, -0.05) is 62.4 Å². The maximum atomic E-state index is 14.5. The summed E-state index contributed by atoms with van der Waals surface area (Å²) < 4.78 is 5.43. The van der Waals surface area contributed by atoms with Crippen molar-refractivity contribution in [2.24, 2.45) is 11.7 Å². The minimum absolute atomic E-state index is 0.0408. The highest BCUT2D eigenvalue weighted by Gasteiger charge is 2.39. The largest absolute Gasteiger partial charge is 0.444 e.